The van der Waals surface area contributed by atoms with Crippen molar-refractivity contribution in [1.82, 2.24) is 4.90 Å². The molecule has 4 nitrogen and oxygen atoms in total. The van der Waals surface area contributed by atoms with E-state index in [0.29, 0.717) is 35.4 Å². The fourth-order valence-corrected chi connectivity index (χ4v) is 2.86. The first-order valence-electron chi connectivity index (χ1n) is 6.99. The SMILES string of the molecule is CC1(CN)CCN(C(=O)CCOc2ccc(Cl)cc2Cl)C1. The molecule has 1 aromatic carbocycles. The van der Waals surface area contributed by atoms with Crippen molar-refractivity contribution in [2.75, 3.05) is 26.2 Å². The van der Waals surface area contributed by atoms with Gasteiger partial charge < -0.3 is 15.4 Å². The Balaban J connectivity index is 1.80. The smallest absolute Gasteiger partial charge is 0.226 e. The molecule has 116 valence electrons. The molecule has 1 aliphatic rings. The van der Waals surface area contributed by atoms with Crippen LogP contribution in [0.25, 0.3) is 0 Å². The number of hydrogen-bond acceptors (Lipinski definition) is 3. The number of amides is 1. The van der Waals surface area contributed by atoms with Crippen LogP contribution >= 0.6 is 23.2 Å². The summed E-state index contributed by atoms with van der Waals surface area (Å²) in [7, 11) is 0. The third kappa shape index (κ3) is 4.25. The van der Waals surface area contributed by atoms with E-state index in [4.69, 9.17) is 33.7 Å². The highest BCUT2D eigenvalue weighted by Crippen LogP contribution is 2.29. The van der Waals surface area contributed by atoms with Crippen LogP contribution in [0.5, 0.6) is 5.75 Å². The molecule has 21 heavy (non-hydrogen) atoms. The zero-order valence-electron chi connectivity index (χ0n) is 12.1. The molecule has 0 saturated carbocycles. The molecule has 6 heteroatoms. The summed E-state index contributed by atoms with van der Waals surface area (Å²) < 4.78 is 5.54. The Labute approximate surface area is 135 Å². The summed E-state index contributed by atoms with van der Waals surface area (Å²) in [6.45, 7) is 4.52. The maximum Gasteiger partial charge on any atom is 0.226 e. The van der Waals surface area contributed by atoms with Crippen molar-refractivity contribution in [3.05, 3.63) is 28.2 Å². The molecule has 2 rings (SSSR count). The predicted octanol–water partition coefficient (Wildman–Crippen LogP) is 2.96. The Morgan fingerprint density at radius 3 is 2.86 bits per heavy atom. The van der Waals surface area contributed by atoms with Gasteiger partial charge in [0, 0.05) is 18.1 Å². The first-order chi connectivity index (χ1) is 9.93. The normalized spacial score (nSPS) is 21.6. The van der Waals surface area contributed by atoms with Gasteiger partial charge in [-0.2, -0.15) is 0 Å². The van der Waals surface area contributed by atoms with Crippen LogP contribution in [0.3, 0.4) is 0 Å². The Morgan fingerprint density at radius 2 is 2.24 bits per heavy atom. The second kappa shape index (κ2) is 6.86. The van der Waals surface area contributed by atoms with Crippen molar-refractivity contribution in [2.24, 2.45) is 11.1 Å². The summed E-state index contributed by atoms with van der Waals surface area (Å²) in [5.41, 5.74) is 5.80. The fourth-order valence-electron chi connectivity index (χ4n) is 2.40. The number of hydrogen-bond donors (Lipinski definition) is 1. The van der Waals surface area contributed by atoms with Crippen molar-refractivity contribution < 1.29 is 9.53 Å². The monoisotopic (exact) mass is 330 g/mol. The quantitative estimate of drug-likeness (QED) is 0.902. The minimum Gasteiger partial charge on any atom is -0.491 e. The van der Waals surface area contributed by atoms with E-state index >= 15 is 0 Å². The van der Waals surface area contributed by atoms with Crippen LogP contribution in [0.15, 0.2) is 18.2 Å². The molecule has 1 unspecified atom stereocenters. The lowest BCUT2D eigenvalue weighted by Crippen LogP contribution is -2.35. The first-order valence-corrected chi connectivity index (χ1v) is 7.75. The van der Waals surface area contributed by atoms with E-state index in [0.717, 1.165) is 19.5 Å². The van der Waals surface area contributed by atoms with Gasteiger partial charge in [-0.3, -0.25) is 4.79 Å². The minimum atomic E-state index is 0.0516. The minimum absolute atomic E-state index is 0.0516. The topological polar surface area (TPSA) is 55.6 Å². The van der Waals surface area contributed by atoms with Crippen molar-refractivity contribution >= 4 is 29.1 Å². The highest BCUT2D eigenvalue weighted by molar-refractivity contribution is 6.35. The summed E-state index contributed by atoms with van der Waals surface area (Å²) >= 11 is 11.8. The van der Waals surface area contributed by atoms with Crippen molar-refractivity contribution in [3.63, 3.8) is 0 Å². The maximum absolute atomic E-state index is 12.1. The number of benzene rings is 1. The van der Waals surface area contributed by atoms with E-state index in [1.165, 1.54) is 0 Å². The van der Waals surface area contributed by atoms with Gasteiger partial charge in [-0.05, 0) is 36.6 Å². The summed E-state index contributed by atoms with van der Waals surface area (Å²) in [5.74, 6) is 0.638. The number of nitrogens with two attached hydrogens (primary N) is 1. The third-order valence-corrected chi connectivity index (χ3v) is 4.40. The van der Waals surface area contributed by atoms with Gasteiger partial charge in [-0.1, -0.05) is 30.1 Å². The molecule has 0 bridgehead atoms. The second-order valence-corrected chi connectivity index (χ2v) is 6.60. The number of halogens is 2. The van der Waals surface area contributed by atoms with E-state index in [9.17, 15) is 4.79 Å². The Kier molecular flexibility index (Phi) is 5.36. The number of nitrogens with zero attached hydrogens (tertiary/aromatic N) is 1. The molecule has 1 amide bonds. The van der Waals surface area contributed by atoms with Gasteiger partial charge in [0.15, 0.2) is 0 Å². The van der Waals surface area contributed by atoms with Crippen LogP contribution in [-0.2, 0) is 4.79 Å². The van der Waals surface area contributed by atoms with Crippen LogP contribution < -0.4 is 10.5 Å². The van der Waals surface area contributed by atoms with Crippen LogP contribution in [0.2, 0.25) is 10.0 Å². The molecule has 0 aromatic heterocycles. The molecule has 1 atom stereocenters. The molecular weight excluding hydrogens is 311 g/mol. The van der Waals surface area contributed by atoms with Gasteiger partial charge in [-0.15, -0.1) is 0 Å². The summed E-state index contributed by atoms with van der Waals surface area (Å²) in [6.07, 6.45) is 1.29. The molecular formula is C15H20Cl2N2O2. The van der Waals surface area contributed by atoms with Crippen molar-refractivity contribution in [1.29, 1.82) is 0 Å². The van der Waals surface area contributed by atoms with Gasteiger partial charge in [0.1, 0.15) is 5.75 Å². The molecule has 1 aromatic rings. The predicted molar refractivity (Wildman–Crippen MR) is 84.9 cm³/mol. The molecule has 1 saturated heterocycles. The Bertz CT molecular complexity index is 524. The van der Waals surface area contributed by atoms with Crippen LogP contribution in [0.1, 0.15) is 19.8 Å². The van der Waals surface area contributed by atoms with Gasteiger partial charge >= 0.3 is 0 Å². The van der Waals surface area contributed by atoms with Crippen molar-refractivity contribution in [2.45, 2.75) is 19.8 Å². The van der Waals surface area contributed by atoms with Crippen LogP contribution in [0, 0.1) is 5.41 Å². The zero-order chi connectivity index (χ0) is 15.5. The van der Waals surface area contributed by atoms with E-state index in [-0.39, 0.29) is 11.3 Å². The van der Waals surface area contributed by atoms with E-state index in [1.54, 1.807) is 18.2 Å². The number of rotatable bonds is 5. The summed E-state index contributed by atoms with van der Waals surface area (Å²) in [6, 6.07) is 5.03. The number of likely N-dealkylation sites (tertiary alicyclic amines) is 1. The van der Waals surface area contributed by atoms with Crippen molar-refractivity contribution in [3.8, 4) is 5.75 Å². The van der Waals surface area contributed by atoms with Gasteiger partial charge in [0.05, 0.1) is 18.1 Å². The molecule has 1 fully saturated rings. The zero-order valence-corrected chi connectivity index (χ0v) is 13.6. The van der Waals surface area contributed by atoms with Gasteiger partial charge in [0.25, 0.3) is 0 Å². The molecule has 0 aliphatic carbocycles. The Morgan fingerprint density at radius 1 is 1.48 bits per heavy atom. The average Bonchev–Trinajstić information content (AvgIpc) is 2.85. The highest BCUT2D eigenvalue weighted by atomic mass is 35.5. The molecule has 0 radical (unpaired) electrons. The second-order valence-electron chi connectivity index (χ2n) is 5.75. The van der Waals surface area contributed by atoms with Crippen LogP contribution in [-0.4, -0.2) is 37.0 Å². The number of carbonyl (C=O) groups is 1. The van der Waals surface area contributed by atoms with E-state index < -0.39 is 0 Å². The summed E-state index contributed by atoms with van der Waals surface area (Å²) in [5, 5.41) is 1.01. The number of carbonyl (C=O) groups excluding carboxylic acids is 1. The standard InChI is InChI=1S/C15H20Cl2N2O2/c1-15(9-18)5-6-19(10-15)14(20)4-7-21-13-3-2-11(16)8-12(13)17/h2-3,8H,4-7,9-10,18H2,1H3. The highest BCUT2D eigenvalue weighted by Gasteiger charge is 2.34. The molecule has 1 heterocycles. The summed E-state index contributed by atoms with van der Waals surface area (Å²) in [4.78, 5) is 14.0. The van der Waals surface area contributed by atoms with Gasteiger partial charge in [-0.25, -0.2) is 0 Å². The maximum atomic E-state index is 12.1. The lowest BCUT2D eigenvalue weighted by Gasteiger charge is -2.22. The van der Waals surface area contributed by atoms with E-state index in [2.05, 4.69) is 6.92 Å². The first kappa shape index (κ1) is 16.4. The third-order valence-electron chi connectivity index (χ3n) is 3.87. The number of ether oxygens (including phenoxy) is 1. The molecule has 0 spiro atoms. The largest absolute Gasteiger partial charge is 0.491 e. The van der Waals surface area contributed by atoms with E-state index in [1.807, 2.05) is 4.90 Å². The average molecular weight is 331 g/mol. The van der Waals surface area contributed by atoms with Gasteiger partial charge in [0.2, 0.25) is 5.91 Å². The van der Waals surface area contributed by atoms with Crippen LogP contribution in [0.4, 0.5) is 0 Å². The molecule has 1 aliphatic heterocycles. The fraction of sp³-hybridized carbons (Fsp3) is 0.533. The lowest BCUT2D eigenvalue weighted by molar-refractivity contribution is -0.131. The Hall–Kier alpha value is -0.970. The lowest BCUT2D eigenvalue weighted by atomic mass is 9.90. The molecule has 2 N–H and O–H groups in total.